The third-order valence-electron chi connectivity index (χ3n) is 2.22. The molecule has 0 aromatic carbocycles. The molecule has 0 saturated carbocycles. The molecule has 0 radical (unpaired) electrons. The zero-order valence-corrected chi connectivity index (χ0v) is 6.92. The summed E-state index contributed by atoms with van der Waals surface area (Å²) in [5.74, 6) is 0. The second-order valence-electron chi connectivity index (χ2n) is 3.83. The van der Waals surface area contributed by atoms with E-state index in [9.17, 15) is 5.11 Å². The standard InChI is InChI=1S/C8H16O2/c1-6-4-5-8(2,3)7(9)10-6/h6-7,9H,4-5H2,1-3H3/t6-,7?/m0/s1. The molecule has 60 valence electrons. The molecule has 2 nitrogen and oxygen atoms in total. The van der Waals surface area contributed by atoms with Gasteiger partial charge >= 0.3 is 0 Å². The first-order valence-electron chi connectivity index (χ1n) is 3.86. The van der Waals surface area contributed by atoms with Gasteiger partial charge in [-0.2, -0.15) is 0 Å². The lowest BCUT2D eigenvalue weighted by Gasteiger charge is -2.37. The molecule has 1 unspecified atom stereocenters. The highest BCUT2D eigenvalue weighted by Gasteiger charge is 2.34. The van der Waals surface area contributed by atoms with Crippen LogP contribution in [0.3, 0.4) is 0 Å². The van der Waals surface area contributed by atoms with E-state index in [1.807, 2.05) is 20.8 Å². The van der Waals surface area contributed by atoms with Gasteiger partial charge in [0.15, 0.2) is 6.29 Å². The van der Waals surface area contributed by atoms with Crippen molar-refractivity contribution in [3.63, 3.8) is 0 Å². The molecule has 0 spiro atoms. The van der Waals surface area contributed by atoms with E-state index in [-0.39, 0.29) is 11.5 Å². The minimum absolute atomic E-state index is 0.0491. The van der Waals surface area contributed by atoms with Gasteiger partial charge in [-0.25, -0.2) is 0 Å². The van der Waals surface area contributed by atoms with Crippen molar-refractivity contribution in [3.8, 4) is 0 Å². The normalized spacial score (nSPS) is 39.6. The Morgan fingerprint density at radius 2 is 2.10 bits per heavy atom. The minimum Gasteiger partial charge on any atom is -0.367 e. The van der Waals surface area contributed by atoms with E-state index < -0.39 is 6.29 Å². The third kappa shape index (κ3) is 1.50. The molecule has 0 amide bonds. The molecule has 2 atom stereocenters. The van der Waals surface area contributed by atoms with Crippen LogP contribution in [0.1, 0.15) is 33.6 Å². The summed E-state index contributed by atoms with van der Waals surface area (Å²) in [7, 11) is 0. The van der Waals surface area contributed by atoms with Crippen molar-refractivity contribution in [2.75, 3.05) is 0 Å². The molecular weight excluding hydrogens is 128 g/mol. The van der Waals surface area contributed by atoms with Gasteiger partial charge in [0.25, 0.3) is 0 Å². The maximum atomic E-state index is 9.39. The molecule has 10 heavy (non-hydrogen) atoms. The Kier molecular flexibility index (Phi) is 2.02. The third-order valence-corrected chi connectivity index (χ3v) is 2.22. The van der Waals surface area contributed by atoms with Gasteiger partial charge in [-0.05, 0) is 19.8 Å². The molecule has 0 aromatic rings. The fourth-order valence-corrected chi connectivity index (χ4v) is 1.17. The van der Waals surface area contributed by atoms with Crippen LogP contribution in [-0.2, 0) is 4.74 Å². The number of hydrogen-bond acceptors (Lipinski definition) is 2. The van der Waals surface area contributed by atoms with Crippen molar-refractivity contribution in [3.05, 3.63) is 0 Å². The van der Waals surface area contributed by atoms with Crippen molar-refractivity contribution >= 4 is 0 Å². The van der Waals surface area contributed by atoms with E-state index in [0.717, 1.165) is 12.8 Å². The SMILES string of the molecule is C[C@H]1CCC(C)(C)C(O)O1. The van der Waals surface area contributed by atoms with Crippen LogP contribution in [0.5, 0.6) is 0 Å². The van der Waals surface area contributed by atoms with E-state index >= 15 is 0 Å². The van der Waals surface area contributed by atoms with Crippen molar-refractivity contribution < 1.29 is 9.84 Å². The minimum atomic E-state index is -0.573. The zero-order chi connectivity index (χ0) is 7.78. The van der Waals surface area contributed by atoms with Crippen LogP contribution >= 0.6 is 0 Å². The number of aliphatic hydroxyl groups excluding tert-OH is 1. The maximum absolute atomic E-state index is 9.39. The van der Waals surface area contributed by atoms with Crippen molar-refractivity contribution in [1.82, 2.24) is 0 Å². The monoisotopic (exact) mass is 144 g/mol. The van der Waals surface area contributed by atoms with Crippen LogP contribution in [0.25, 0.3) is 0 Å². The van der Waals surface area contributed by atoms with Crippen LogP contribution < -0.4 is 0 Å². The molecule has 1 aliphatic rings. The van der Waals surface area contributed by atoms with Gasteiger partial charge in [-0.1, -0.05) is 13.8 Å². The molecule has 0 aliphatic carbocycles. The van der Waals surface area contributed by atoms with Crippen LogP contribution in [0, 0.1) is 5.41 Å². The molecule has 1 saturated heterocycles. The average molecular weight is 144 g/mol. The topological polar surface area (TPSA) is 29.5 Å². The highest BCUT2D eigenvalue weighted by molar-refractivity contribution is 4.77. The molecule has 1 aliphatic heterocycles. The van der Waals surface area contributed by atoms with Gasteiger partial charge in [-0.15, -0.1) is 0 Å². The molecule has 2 heteroatoms. The molecule has 1 rings (SSSR count). The van der Waals surface area contributed by atoms with Gasteiger partial charge in [0, 0.05) is 5.41 Å². The molecule has 0 bridgehead atoms. The van der Waals surface area contributed by atoms with Gasteiger partial charge < -0.3 is 9.84 Å². The second kappa shape index (κ2) is 2.51. The molecule has 1 heterocycles. The second-order valence-corrected chi connectivity index (χ2v) is 3.83. The largest absolute Gasteiger partial charge is 0.367 e. The average Bonchev–Trinajstić information content (AvgIpc) is 1.81. The van der Waals surface area contributed by atoms with Gasteiger partial charge in [-0.3, -0.25) is 0 Å². The molecular formula is C8H16O2. The van der Waals surface area contributed by atoms with E-state index in [1.54, 1.807) is 0 Å². The smallest absolute Gasteiger partial charge is 0.159 e. The Hall–Kier alpha value is -0.0800. The summed E-state index contributed by atoms with van der Waals surface area (Å²) in [5, 5.41) is 9.39. The number of ether oxygens (including phenoxy) is 1. The first kappa shape index (κ1) is 8.02. The lowest BCUT2D eigenvalue weighted by molar-refractivity contribution is -0.217. The molecule has 1 N–H and O–H groups in total. The highest BCUT2D eigenvalue weighted by Crippen LogP contribution is 2.34. The Bertz CT molecular complexity index is 120. The summed E-state index contributed by atoms with van der Waals surface area (Å²) >= 11 is 0. The predicted octanol–water partition coefficient (Wildman–Crippen LogP) is 1.53. The van der Waals surface area contributed by atoms with Crippen molar-refractivity contribution in [2.45, 2.75) is 46.0 Å². The van der Waals surface area contributed by atoms with E-state index in [4.69, 9.17) is 4.74 Å². The highest BCUT2D eigenvalue weighted by atomic mass is 16.6. The lowest BCUT2D eigenvalue weighted by Crippen LogP contribution is -2.39. The van der Waals surface area contributed by atoms with E-state index in [1.165, 1.54) is 0 Å². The quantitative estimate of drug-likeness (QED) is 0.558. The van der Waals surface area contributed by atoms with Crippen LogP contribution in [0.4, 0.5) is 0 Å². The Labute approximate surface area is 62.2 Å². The summed E-state index contributed by atoms with van der Waals surface area (Å²) in [6.45, 7) is 6.06. The summed E-state index contributed by atoms with van der Waals surface area (Å²) in [6.07, 6.45) is 1.76. The summed E-state index contributed by atoms with van der Waals surface area (Å²) < 4.78 is 5.26. The van der Waals surface area contributed by atoms with Crippen LogP contribution in [0.15, 0.2) is 0 Å². The van der Waals surface area contributed by atoms with Gasteiger partial charge in [0.1, 0.15) is 0 Å². The molecule has 1 fully saturated rings. The number of aliphatic hydroxyl groups is 1. The van der Waals surface area contributed by atoms with Crippen molar-refractivity contribution in [1.29, 1.82) is 0 Å². The first-order chi connectivity index (χ1) is 4.52. The summed E-state index contributed by atoms with van der Waals surface area (Å²) in [5.41, 5.74) is -0.0491. The fraction of sp³-hybridized carbons (Fsp3) is 1.00. The van der Waals surface area contributed by atoms with Gasteiger partial charge in [0.2, 0.25) is 0 Å². The van der Waals surface area contributed by atoms with E-state index in [2.05, 4.69) is 0 Å². The van der Waals surface area contributed by atoms with E-state index in [0.29, 0.717) is 0 Å². The van der Waals surface area contributed by atoms with Crippen molar-refractivity contribution in [2.24, 2.45) is 5.41 Å². The van der Waals surface area contributed by atoms with Crippen LogP contribution in [0.2, 0.25) is 0 Å². The predicted molar refractivity (Wildman–Crippen MR) is 39.6 cm³/mol. The number of hydrogen-bond donors (Lipinski definition) is 1. The Morgan fingerprint density at radius 3 is 2.50 bits per heavy atom. The number of rotatable bonds is 0. The Balaban J connectivity index is 2.52. The fourth-order valence-electron chi connectivity index (χ4n) is 1.17. The van der Waals surface area contributed by atoms with Crippen LogP contribution in [-0.4, -0.2) is 17.5 Å². The first-order valence-corrected chi connectivity index (χ1v) is 3.86. The lowest BCUT2D eigenvalue weighted by atomic mass is 9.84. The maximum Gasteiger partial charge on any atom is 0.159 e. The van der Waals surface area contributed by atoms with Gasteiger partial charge in [0.05, 0.1) is 6.10 Å². The zero-order valence-electron chi connectivity index (χ0n) is 6.92. The molecule has 0 aromatic heterocycles. The summed E-state index contributed by atoms with van der Waals surface area (Å²) in [4.78, 5) is 0. The summed E-state index contributed by atoms with van der Waals surface area (Å²) in [6, 6.07) is 0. The Morgan fingerprint density at radius 1 is 1.50 bits per heavy atom.